The summed E-state index contributed by atoms with van der Waals surface area (Å²) in [6, 6.07) is 10.9. The van der Waals surface area contributed by atoms with E-state index in [2.05, 4.69) is 5.32 Å². The fraction of sp³-hybridized carbons (Fsp3) is 0.333. The standard InChI is InChI=1S/C21H20N2O5/c1-26-14-5-2-4-13(10-14)23-12-21-8-7-16(28-21)17(18(21)20(23)25)19(24)22-11-15-6-3-9-27-15/h2-10,16-18H,11-12H2,1H3,(H,22,24)/t16?,17?,18?,21-/m1/s1. The molecular formula is C21H20N2O5. The molecule has 0 saturated carbocycles. The van der Waals surface area contributed by atoms with Crippen molar-refractivity contribution in [3.8, 4) is 5.75 Å². The number of carbonyl (C=O) groups excluding carboxylic acids is 2. The Bertz CT molecular complexity index is 953. The summed E-state index contributed by atoms with van der Waals surface area (Å²) in [5.41, 5.74) is -0.0133. The van der Waals surface area contributed by atoms with Gasteiger partial charge >= 0.3 is 0 Å². The average Bonchev–Trinajstić information content (AvgIpc) is 3.48. The van der Waals surface area contributed by atoms with Crippen LogP contribution in [0.1, 0.15) is 5.76 Å². The van der Waals surface area contributed by atoms with Gasteiger partial charge in [-0.25, -0.2) is 0 Å². The molecule has 5 rings (SSSR count). The molecule has 144 valence electrons. The zero-order chi connectivity index (χ0) is 19.3. The highest BCUT2D eigenvalue weighted by atomic mass is 16.5. The quantitative estimate of drug-likeness (QED) is 0.802. The number of hydrogen-bond acceptors (Lipinski definition) is 5. The predicted octanol–water partition coefficient (Wildman–Crippen LogP) is 1.89. The number of carbonyl (C=O) groups is 2. The van der Waals surface area contributed by atoms with E-state index in [4.69, 9.17) is 13.9 Å². The molecule has 2 amide bonds. The molecule has 1 spiro atoms. The van der Waals surface area contributed by atoms with Crippen LogP contribution in [-0.2, 0) is 20.9 Å². The lowest BCUT2D eigenvalue weighted by atomic mass is 9.77. The predicted molar refractivity (Wildman–Crippen MR) is 99.6 cm³/mol. The number of ether oxygens (including phenoxy) is 2. The Morgan fingerprint density at radius 2 is 2.25 bits per heavy atom. The summed E-state index contributed by atoms with van der Waals surface area (Å²) >= 11 is 0. The van der Waals surface area contributed by atoms with Crippen molar-refractivity contribution in [1.82, 2.24) is 5.32 Å². The van der Waals surface area contributed by atoms with Gasteiger partial charge in [0.1, 0.15) is 17.1 Å². The van der Waals surface area contributed by atoms with Crippen LogP contribution in [-0.4, -0.2) is 37.2 Å². The molecule has 28 heavy (non-hydrogen) atoms. The molecule has 1 N–H and O–H groups in total. The first-order chi connectivity index (χ1) is 13.6. The number of methoxy groups -OCH3 is 1. The lowest BCUT2D eigenvalue weighted by Gasteiger charge is -2.23. The van der Waals surface area contributed by atoms with Crippen molar-refractivity contribution in [3.05, 3.63) is 60.6 Å². The van der Waals surface area contributed by atoms with E-state index in [0.29, 0.717) is 18.1 Å². The molecule has 0 radical (unpaired) electrons. The highest BCUT2D eigenvalue weighted by Crippen LogP contribution is 2.52. The van der Waals surface area contributed by atoms with E-state index in [1.165, 1.54) is 0 Å². The van der Waals surface area contributed by atoms with Crippen LogP contribution in [0.15, 0.2) is 59.2 Å². The monoisotopic (exact) mass is 380 g/mol. The van der Waals surface area contributed by atoms with Crippen molar-refractivity contribution in [1.29, 1.82) is 0 Å². The highest BCUT2D eigenvalue weighted by Gasteiger charge is 2.67. The molecule has 7 heteroatoms. The third-order valence-electron chi connectivity index (χ3n) is 5.79. The fourth-order valence-electron chi connectivity index (χ4n) is 4.50. The highest BCUT2D eigenvalue weighted by molar-refractivity contribution is 6.03. The largest absolute Gasteiger partial charge is 0.497 e. The van der Waals surface area contributed by atoms with Crippen molar-refractivity contribution >= 4 is 17.5 Å². The number of furan rings is 1. The number of amides is 2. The van der Waals surface area contributed by atoms with Gasteiger partial charge in [-0.3, -0.25) is 9.59 Å². The maximum atomic E-state index is 13.3. The minimum Gasteiger partial charge on any atom is -0.497 e. The molecule has 2 bridgehead atoms. The summed E-state index contributed by atoms with van der Waals surface area (Å²) in [7, 11) is 1.59. The van der Waals surface area contributed by atoms with Gasteiger partial charge in [-0.2, -0.15) is 0 Å². The molecule has 4 heterocycles. The minimum atomic E-state index is -0.752. The van der Waals surface area contributed by atoms with Crippen molar-refractivity contribution < 1.29 is 23.5 Å². The number of nitrogens with zero attached hydrogens (tertiary/aromatic N) is 1. The zero-order valence-electron chi connectivity index (χ0n) is 15.3. The van der Waals surface area contributed by atoms with Crippen LogP contribution in [0, 0.1) is 11.8 Å². The Morgan fingerprint density at radius 3 is 3.04 bits per heavy atom. The van der Waals surface area contributed by atoms with Gasteiger partial charge in [0.25, 0.3) is 0 Å². The topological polar surface area (TPSA) is 81.0 Å². The summed E-state index contributed by atoms with van der Waals surface area (Å²) in [6.07, 6.45) is 5.03. The second-order valence-electron chi connectivity index (χ2n) is 7.32. The van der Waals surface area contributed by atoms with Crippen molar-refractivity contribution in [2.75, 3.05) is 18.6 Å². The number of rotatable bonds is 5. The van der Waals surface area contributed by atoms with E-state index < -0.39 is 17.4 Å². The molecule has 3 unspecified atom stereocenters. The van der Waals surface area contributed by atoms with Crippen LogP contribution in [0.25, 0.3) is 0 Å². The van der Waals surface area contributed by atoms with E-state index in [-0.39, 0.29) is 24.5 Å². The summed E-state index contributed by atoms with van der Waals surface area (Å²) in [5.74, 6) is -0.0446. The van der Waals surface area contributed by atoms with E-state index in [9.17, 15) is 9.59 Å². The van der Waals surface area contributed by atoms with Crippen molar-refractivity contribution in [3.63, 3.8) is 0 Å². The first-order valence-electron chi connectivity index (χ1n) is 9.24. The number of anilines is 1. The molecular weight excluding hydrogens is 360 g/mol. The van der Waals surface area contributed by atoms with Gasteiger partial charge in [-0.15, -0.1) is 0 Å². The number of nitrogens with one attached hydrogen (secondary N) is 1. The van der Waals surface area contributed by atoms with E-state index >= 15 is 0 Å². The first kappa shape index (κ1) is 17.1. The Kier molecular flexibility index (Phi) is 3.80. The van der Waals surface area contributed by atoms with Crippen LogP contribution in [0.5, 0.6) is 5.75 Å². The molecule has 7 nitrogen and oxygen atoms in total. The fourth-order valence-corrected chi connectivity index (χ4v) is 4.50. The third-order valence-corrected chi connectivity index (χ3v) is 5.79. The van der Waals surface area contributed by atoms with Crippen LogP contribution < -0.4 is 15.0 Å². The number of hydrogen-bond donors (Lipinski definition) is 1. The number of benzene rings is 1. The van der Waals surface area contributed by atoms with Gasteiger partial charge in [-0.1, -0.05) is 18.2 Å². The Morgan fingerprint density at radius 1 is 1.36 bits per heavy atom. The lowest BCUT2D eigenvalue weighted by molar-refractivity contribution is -0.132. The van der Waals surface area contributed by atoms with Crippen molar-refractivity contribution in [2.45, 2.75) is 18.2 Å². The van der Waals surface area contributed by atoms with Gasteiger partial charge in [0, 0.05) is 11.8 Å². The first-order valence-corrected chi connectivity index (χ1v) is 9.24. The van der Waals surface area contributed by atoms with E-state index in [1.54, 1.807) is 30.4 Å². The molecule has 1 aromatic carbocycles. The van der Waals surface area contributed by atoms with Gasteiger partial charge in [0.2, 0.25) is 11.8 Å². The zero-order valence-corrected chi connectivity index (χ0v) is 15.3. The molecule has 2 fully saturated rings. The number of fused-ring (bicyclic) bond motifs is 1. The molecule has 1 aromatic heterocycles. The Labute approximate surface area is 161 Å². The third kappa shape index (κ3) is 2.46. The van der Waals surface area contributed by atoms with Gasteiger partial charge < -0.3 is 24.1 Å². The smallest absolute Gasteiger partial charge is 0.234 e. The summed E-state index contributed by atoms with van der Waals surface area (Å²) in [4.78, 5) is 27.9. The Balaban J connectivity index is 1.40. The molecule has 3 aliphatic rings. The maximum absolute atomic E-state index is 13.3. The minimum absolute atomic E-state index is 0.0988. The van der Waals surface area contributed by atoms with Crippen LogP contribution >= 0.6 is 0 Å². The molecule has 4 atom stereocenters. The maximum Gasteiger partial charge on any atom is 0.234 e. The molecule has 2 aromatic rings. The summed E-state index contributed by atoms with van der Waals surface area (Å²) < 4.78 is 16.7. The summed E-state index contributed by atoms with van der Waals surface area (Å²) in [6.45, 7) is 0.672. The Hall–Kier alpha value is -3.06. The summed E-state index contributed by atoms with van der Waals surface area (Å²) in [5, 5.41) is 2.88. The van der Waals surface area contributed by atoms with Gasteiger partial charge in [0.05, 0.1) is 44.4 Å². The second kappa shape index (κ2) is 6.24. The van der Waals surface area contributed by atoms with E-state index in [1.807, 2.05) is 36.4 Å². The second-order valence-corrected chi connectivity index (χ2v) is 7.32. The van der Waals surface area contributed by atoms with Gasteiger partial charge in [-0.05, 0) is 24.3 Å². The van der Waals surface area contributed by atoms with Gasteiger partial charge in [0.15, 0.2) is 0 Å². The average molecular weight is 380 g/mol. The normalized spacial score (nSPS) is 30.0. The lowest BCUT2D eigenvalue weighted by Crippen LogP contribution is -2.43. The SMILES string of the molecule is COc1cccc(N2C[C@@]34C=CC(O3)C(C(=O)NCc3ccco3)C4C2=O)c1. The van der Waals surface area contributed by atoms with Crippen molar-refractivity contribution in [2.24, 2.45) is 11.8 Å². The van der Waals surface area contributed by atoms with Crippen LogP contribution in [0.4, 0.5) is 5.69 Å². The van der Waals surface area contributed by atoms with E-state index in [0.717, 1.165) is 5.69 Å². The molecule has 2 saturated heterocycles. The molecule has 0 aliphatic carbocycles. The van der Waals surface area contributed by atoms with Crippen LogP contribution in [0.2, 0.25) is 0 Å². The van der Waals surface area contributed by atoms with Crippen LogP contribution in [0.3, 0.4) is 0 Å². The molecule has 3 aliphatic heterocycles.